The van der Waals surface area contributed by atoms with Gasteiger partial charge in [0.15, 0.2) is 0 Å². The Labute approximate surface area is 124 Å². The van der Waals surface area contributed by atoms with Gasteiger partial charge < -0.3 is 5.32 Å². The van der Waals surface area contributed by atoms with Crippen LogP contribution in [0.15, 0.2) is 29.2 Å². The van der Waals surface area contributed by atoms with Crippen LogP contribution in [0.3, 0.4) is 0 Å². The van der Waals surface area contributed by atoms with Crippen molar-refractivity contribution in [1.82, 2.24) is 9.78 Å². The maximum Gasteiger partial charge on any atom is 0.263 e. The van der Waals surface area contributed by atoms with E-state index in [1.165, 1.54) is 4.68 Å². The molecule has 0 radical (unpaired) electrons. The zero-order valence-electron chi connectivity index (χ0n) is 12.0. The summed E-state index contributed by atoms with van der Waals surface area (Å²) in [6.07, 6.45) is 1.70. The molecule has 1 aromatic carbocycles. The molecule has 0 spiro atoms. The average Bonchev–Trinajstić information content (AvgIpc) is 2.75. The minimum absolute atomic E-state index is 0.339. The lowest BCUT2D eigenvalue weighted by molar-refractivity contribution is 0.598. The van der Waals surface area contributed by atoms with Crippen LogP contribution in [0.25, 0.3) is 0 Å². The maximum absolute atomic E-state index is 12.7. The number of anilines is 2. The lowest BCUT2D eigenvalue weighted by Gasteiger charge is -2.21. The summed E-state index contributed by atoms with van der Waals surface area (Å²) >= 11 is 0. The van der Waals surface area contributed by atoms with Crippen molar-refractivity contribution < 1.29 is 8.42 Å². The Morgan fingerprint density at radius 3 is 2.90 bits per heavy atom. The van der Waals surface area contributed by atoms with Crippen molar-refractivity contribution in [1.29, 1.82) is 0 Å². The van der Waals surface area contributed by atoms with Crippen molar-refractivity contribution in [3.05, 3.63) is 35.5 Å². The number of benzene rings is 1. The average molecular weight is 306 g/mol. The Morgan fingerprint density at radius 2 is 2.19 bits per heavy atom. The maximum atomic E-state index is 12.7. The molecule has 1 aromatic heterocycles. The van der Waals surface area contributed by atoms with E-state index in [4.69, 9.17) is 0 Å². The molecule has 2 heterocycles. The number of sulfonamides is 1. The summed E-state index contributed by atoms with van der Waals surface area (Å²) in [5.41, 5.74) is 2.53. The molecule has 112 valence electrons. The number of hydrogen-bond donors (Lipinski definition) is 2. The molecule has 0 fully saturated rings. The molecule has 0 saturated carbocycles. The molecule has 0 saturated heterocycles. The van der Waals surface area contributed by atoms with Crippen LogP contribution in [-0.4, -0.2) is 24.7 Å². The SMILES string of the molecule is Cc1cc(NS(=O)(=O)c2cccc3c2CCCN3)n(C)n1. The first-order valence-corrected chi connectivity index (χ1v) is 8.35. The largest absolute Gasteiger partial charge is 0.385 e. The molecule has 6 nitrogen and oxygen atoms in total. The summed E-state index contributed by atoms with van der Waals surface area (Å²) in [4.78, 5) is 0.339. The predicted octanol–water partition coefficient (Wildman–Crippen LogP) is 1.89. The number of aromatic nitrogens is 2. The van der Waals surface area contributed by atoms with Crippen LogP contribution in [0.5, 0.6) is 0 Å². The van der Waals surface area contributed by atoms with Crippen LogP contribution < -0.4 is 10.0 Å². The molecular formula is C14H18N4O2S. The first-order valence-electron chi connectivity index (χ1n) is 6.86. The molecule has 0 aliphatic carbocycles. The number of nitrogens with zero attached hydrogens (tertiary/aromatic N) is 2. The van der Waals surface area contributed by atoms with Gasteiger partial charge in [0.05, 0.1) is 10.6 Å². The second-order valence-electron chi connectivity index (χ2n) is 5.21. The van der Waals surface area contributed by atoms with Crippen LogP contribution in [0.4, 0.5) is 11.5 Å². The van der Waals surface area contributed by atoms with E-state index in [-0.39, 0.29) is 0 Å². The number of hydrogen-bond acceptors (Lipinski definition) is 4. The number of nitrogens with one attached hydrogen (secondary N) is 2. The van der Waals surface area contributed by atoms with E-state index < -0.39 is 10.0 Å². The fraction of sp³-hybridized carbons (Fsp3) is 0.357. The molecule has 1 aliphatic heterocycles. The van der Waals surface area contributed by atoms with Gasteiger partial charge in [0.2, 0.25) is 0 Å². The van der Waals surface area contributed by atoms with Crippen molar-refractivity contribution in [2.45, 2.75) is 24.7 Å². The van der Waals surface area contributed by atoms with E-state index in [1.54, 1.807) is 25.2 Å². The zero-order valence-corrected chi connectivity index (χ0v) is 12.9. The highest BCUT2D eigenvalue weighted by atomic mass is 32.2. The van der Waals surface area contributed by atoms with Gasteiger partial charge >= 0.3 is 0 Å². The molecule has 3 rings (SSSR count). The van der Waals surface area contributed by atoms with Gasteiger partial charge in [-0.1, -0.05) is 6.07 Å². The topological polar surface area (TPSA) is 76.0 Å². The van der Waals surface area contributed by atoms with Gasteiger partial charge in [-0.2, -0.15) is 5.10 Å². The van der Waals surface area contributed by atoms with Gasteiger partial charge in [-0.3, -0.25) is 9.40 Å². The first-order chi connectivity index (χ1) is 9.97. The number of fused-ring (bicyclic) bond motifs is 1. The molecule has 1 aliphatic rings. The van der Waals surface area contributed by atoms with Crippen LogP contribution in [0.1, 0.15) is 17.7 Å². The number of aryl methyl sites for hydroxylation is 2. The summed E-state index contributed by atoms with van der Waals surface area (Å²) < 4.78 is 29.5. The Kier molecular flexibility index (Phi) is 3.36. The quantitative estimate of drug-likeness (QED) is 0.908. The van der Waals surface area contributed by atoms with Crippen molar-refractivity contribution in [3.63, 3.8) is 0 Å². The smallest absolute Gasteiger partial charge is 0.263 e. The minimum atomic E-state index is -3.61. The molecule has 2 N–H and O–H groups in total. The van der Waals surface area contributed by atoms with Crippen molar-refractivity contribution in [3.8, 4) is 0 Å². The highest BCUT2D eigenvalue weighted by Gasteiger charge is 2.23. The predicted molar refractivity (Wildman–Crippen MR) is 82.0 cm³/mol. The second-order valence-corrected chi connectivity index (χ2v) is 6.86. The standard InChI is InChI=1S/C14H18N4O2S/c1-10-9-14(18(2)16-10)17-21(19,20)13-7-3-6-12-11(13)5-4-8-15-12/h3,6-7,9,15,17H,4-5,8H2,1-2H3. The lowest BCUT2D eigenvalue weighted by Crippen LogP contribution is -2.20. The van der Waals surface area contributed by atoms with Crippen molar-refractivity contribution in [2.24, 2.45) is 7.05 Å². The minimum Gasteiger partial charge on any atom is -0.385 e. The van der Waals surface area contributed by atoms with Gasteiger partial charge in [-0.05, 0) is 37.5 Å². The summed E-state index contributed by atoms with van der Waals surface area (Å²) in [6, 6.07) is 7.05. The van der Waals surface area contributed by atoms with Crippen LogP contribution in [0.2, 0.25) is 0 Å². The van der Waals surface area contributed by atoms with Gasteiger partial charge in [-0.15, -0.1) is 0 Å². The second kappa shape index (κ2) is 5.07. The fourth-order valence-electron chi connectivity index (χ4n) is 2.63. The normalized spacial score (nSPS) is 14.4. The van der Waals surface area contributed by atoms with E-state index in [2.05, 4.69) is 15.1 Å². The molecular weight excluding hydrogens is 288 g/mol. The third-order valence-electron chi connectivity index (χ3n) is 3.58. The zero-order chi connectivity index (χ0) is 15.0. The van der Waals surface area contributed by atoms with Gasteiger partial charge in [0.25, 0.3) is 10.0 Å². The Hall–Kier alpha value is -2.02. The molecule has 0 bridgehead atoms. The Bertz CT molecular complexity index is 780. The molecule has 0 atom stereocenters. The summed E-state index contributed by atoms with van der Waals surface area (Å²) in [7, 11) is -1.90. The molecule has 2 aromatic rings. The van der Waals surface area contributed by atoms with Crippen LogP contribution in [0, 0.1) is 6.92 Å². The fourth-order valence-corrected chi connectivity index (χ4v) is 4.00. The lowest BCUT2D eigenvalue weighted by atomic mass is 10.0. The van der Waals surface area contributed by atoms with E-state index in [0.29, 0.717) is 10.7 Å². The third-order valence-corrected chi connectivity index (χ3v) is 5.02. The molecule has 21 heavy (non-hydrogen) atoms. The monoisotopic (exact) mass is 306 g/mol. The Morgan fingerprint density at radius 1 is 1.38 bits per heavy atom. The molecule has 7 heteroatoms. The van der Waals surface area contributed by atoms with Crippen LogP contribution >= 0.6 is 0 Å². The highest BCUT2D eigenvalue weighted by Crippen LogP contribution is 2.29. The first kappa shape index (κ1) is 13.9. The van der Waals surface area contributed by atoms with E-state index in [0.717, 1.165) is 36.3 Å². The molecule has 0 amide bonds. The third kappa shape index (κ3) is 2.61. The number of rotatable bonds is 3. The molecule has 0 unspecified atom stereocenters. The van der Waals surface area contributed by atoms with Gasteiger partial charge in [-0.25, -0.2) is 8.42 Å². The Balaban J connectivity index is 2.01. The van der Waals surface area contributed by atoms with E-state index >= 15 is 0 Å². The van der Waals surface area contributed by atoms with E-state index in [9.17, 15) is 8.42 Å². The highest BCUT2D eigenvalue weighted by molar-refractivity contribution is 7.92. The van der Waals surface area contributed by atoms with Gasteiger partial charge in [0.1, 0.15) is 5.82 Å². The van der Waals surface area contributed by atoms with Crippen molar-refractivity contribution >= 4 is 21.5 Å². The van der Waals surface area contributed by atoms with Gasteiger partial charge in [0, 0.05) is 25.3 Å². The van der Waals surface area contributed by atoms with Crippen LogP contribution in [-0.2, 0) is 23.5 Å². The summed E-state index contributed by atoms with van der Waals surface area (Å²) in [5.74, 6) is 0.467. The summed E-state index contributed by atoms with van der Waals surface area (Å²) in [5, 5.41) is 7.40. The van der Waals surface area contributed by atoms with Crippen molar-refractivity contribution in [2.75, 3.05) is 16.6 Å². The van der Waals surface area contributed by atoms with E-state index in [1.807, 2.05) is 13.0 Å². The summed E-state index contributed by atoms with van der Waals surface area (Å²) in [6.45, 7) is 2.71.